The van der Waals surface area contributed by atoms with E-state index < -0.39 is 12.2 Å². The van der Waals surface area contributed by atoms with Crippen molar-refractivity contribution in [3.8, 4) is 0 Å². The Kier molecular flexibility index (Phi) is 3.02. The SMILES string of the molecule is [C-]#[N+]C(c1ccccc1Cl)C(F)(F)F. The number of benzene rings is 1. The van der Waals surface area contributed by atoms with E-state index in [4.69, 9.17) is 18.2 Å². The lowest BCUT2D eigenvalue weighted by molar-refractivity contribution is -0.140. The van der Waals surface area contributed by atoms with Crippen LogP contribution in [0.25, 0.3) is 4.85 Å². The molecule has 0 spiro atoms. The summed E-state index contributed by atoms with van der Waals surface area (Å²) in [5.41, 5.74) is -0.198. The van der Waals surface area contributed by atoms with Gasteiger partial charge in [-0.15, -0.1) is 0 Å². The van der Waals surface area contributed by atoms with Gasteiger partial charge in [0.25, 0.3) is 0 Å². The smallest absolute Gasteiger partial charge is 0.298 e. The summed E-state index contributed by atoms with van der Waals surface area (Å²) in [5, 5.41) is -0.0363. The van der Waals surface area contributed by atoms with E-state index in [1.165, 1.54) is 24.3 Å². The van der Waals surface area contributed by atoms with Crippen LogP contribution in [0.3, 0.4) is 0 Å². The third-order valence-corrected chi connectivity index (χ3v) is 1.98. The van der Waals surface area contributed by atoms with Gasteiger partial charge in [-0.2, -0.15) is 13.2 Å². The van der Waals surface area contributed by atoms with E-state index in [0.29, 0.717) is 0 Å². The van der Waals surface area contributed by atoms with Crippen molar-refractivity contribution in [1.82, 2.24) is 0 Å². The standard InChI is InChI=1S/C9H5ClF3N/c1-14-8(9(11,12)13)6-4-2-3-5-7(6)10/h2-5,8H. The van der Waals surface area contributed by atoms with Crippen molar-refractivity contribution in [2.45, 2.75) is 12.2 Å². The Labute approximate surface area is 83.9 Å². The van der Waals surface area contributed by atoms with Gasteiger partial charge >= 0.3 is 12.2 Å². The first kappa shape index (κ1) is 10.9. The molecule has 1 aromatic carbocycles. The molecule has 14 heavy (non-hydrogen) atoms. The monoisotopic (exact) mass is 219 g/mol. The van der Waals surface area contributed by atoms with Gasteiger partial charge in [0.2, 0.25) is 0 Å². The van der Waals surface area contributed by atoms with Crippen LogP contribution in [0, 0.1) is 6.57 Å². The molecule has 0 saturated carbocycles. The molecule has 0 aliphatic carbocycles. The molecule has 1 rings (SSSR count). The molecule has 0 aromatic heterocycles. The van der Waals surface area contributed by atoms with Gasteiger partial charge in [-0.1, -0.05) is 23.7 Å². The highest BCUT2D eigenvalue weighted by Crippen LogP contribution is 2.38. The first-order valence-corrected chi connectivity index (χ1v) is 4.02. The van der Waals surface area contributed by atoms with Gasteiger partial charge in [0.1, 0.15) is 0 Å². The van der Waals surface area contributed by atoms with Gasteiger partial charge in [-0.05, 0) is 12.1 Å². The average Bonchev–Trinajstić information content (AvgIpc) is 2.07. The maximum absolute atomic E-state index is 12.3. The molecule has 1 nitrogen and oxygen atoms in total. The Hall–Kier alpha value is -1.21. The average molecular weight is 220 g/mol. The predicted molar refractivity (Wildman–Crippen MR) is 46.9 cm³/mol. The molecular formula is C9H5ClF3N. The molecule has 74 valence electrons. The van der Waals surface area contributed by atoms with Crippen LogP contribution < -0.4 is 0 Å². The molecule has 0 aliphatic rings. The Morgan fingerprint density at radius 3 is 2.29 bits per heavy atom. The van der Waals surface area contributed by atoms with Crippen molar-refractivity contribution >= 4 is 11.6 Å². The van der Waals surface area contributed by atoms with Crippen molar-refractivity contribution in [2.24, 2.45) is 0 Å². The van der Waals surface area contributed by atoms with Crippen LogP contribution in [-0.4, -0.2) is 6.18 Å². The molecule has 1 atom stereocenters. The molecular weight excluding hydrogens is 215 g/mol. The molecule has 1 unspecified atom stereocenters. The van der Waals surface area contributed by atoms with Gasteiger partial charge in [0.15, 0.2) is 0 Å². The fraction of sp³-hybridized carbons (Fsp3) is 0.222. The summed E-state index contributed by atoms with van der Waals surface area (Å²) in [6.07, 6.45) is -4.58. The van der Waals surface area contributed by atoms with Crippen LogP contribution >= 0.6 is 11.6 Å². The van der Waals surface area contributed by atoms with Crippen molar-refractivity contribution < 1.29 is 13.2 Å². The fourth-order valence-corrected chi connectivity index (χ4v) is 1.25. The third kappa shape index (κ3) is 2.18. The van der Waals surface area contributed by atoms with E-state index in [9.17, 15) is 13.2 Å². The Morgan fingerprint density at radius 2 is 1.86 bits per heavy atom. The topological polar surface area (TPSA) is 4.36 Å². The summed E-state index contributed by atoms with van der Waals surface area (Å²) in [7, 11) is 0. The quantitative estimate of drug-likeness (QED) is 0.632. The van der Waals surface area contributed by atoms with Crippen molar-refractivity contribution in [1.29, 1.82) is 0 Å². The Bertz CT molecular complexity index is 367. The van der Waals surface area contributed by atoms with Gasteiger partial charge in [-0.3, -0.25) is 4.85 Å². The minimum absolute atomic E-state index is 0.0363. The van der Waals surface area contributed by atoms with E-state index in [2.05, 4.69) is 4.85 Å². The molecule has 0 aliphatic heterocycles. The van der Waals surface area contributed by atoms with E-state index in [1.807, 2.05) is 0 Å². The molecule has 5 heteroatoms. The molecule has 0 radical (unpaired) electrons. The lowest BCUT2D eigenvalue weighted by Crippen LogP contribution is -2.17. The van der Waals surface area contributed by atoms with Crippen molar-refractivity contribution in [3.05, 3.63) is 46.3 Å². The largest absolute Gasteiger partial charge is 0.470 e. The normalized spacial score (nSPS) is 13.4. The number of halogens is 4. The van der Waals surface area contributed by atoms with Gasteiger partial charge in [0, 0.05) is 0 Å². The second-order valence-corrected chi connectivity index (χ2v) is 3.00. The number of rotatable bonds is 1. The second-order valence-electron chi connectivity index (χ2n) is 2.59. The summed E-state index contributed by atoms with van der Waals surface area (Å²) in [6, 6.07) is 3.31. The highest BCUT2D eigenvalue weighted by atomic mass is 35.5. The zero-order valence-corrected chi connectivity index (χ0v) is 7.60. The van der Waals surface area contributed by atoms with Crippen LogP contribution in [0.15, 0.2) is 24.3 Å². The van der Waals surface area contributed by atoms with E-state index in [0.717, 1.165) is 0 Å². The molecule has 0 saturated heterocycles. The minimum atomic E-state index is -4.58. The Balaban J connectivity index is 3.16. The maximum Gasteiger partial charge on any atom is 0.470 e. The summed E-state index contributed by atoms with van der Waals surface area (Å²) in [4.78, 5) is 2.53. The molecule has 0 heterocycles. The van der Waals surface area contributed by atoms with Gasteiger partial charge < -0.3 is 0 Å². The summed E-state index contributed by atoms with van der Waals surface area (Å²) < 4.78 is 36.9. The molecule has 1 aromatic rings. The van der Waals surface area contributed by atoms with Crippen molar-refractivity contribution in [2.75, 3.05) is 0 Å². The molecule has 0 bridgehead atoms. The minimum Gasteiger partial charge on any atom is -0.298 e. The second kappa shape index (κ2) is 3.89. The molecule has 0 fully saturated rings. The van der Waals surface area contributed by atoms with E-state index >= 15 is 0 Å². The van der Waals surface area contributed by atoms with Crippen LogP contribution in [0.4, 0.5) is 13.2 Å². The fourth-order valence-electron chi connectivity index (χ4n) is 1.02. The van der Waals surface area contributed by atoms with E-state index in [-0.39, 0.29) is 10.6 Å². The number of nitrogens with zero attached hydrogens (tertiary/aromatic N) is 1. The lowest BCUT2D eigenvalue weighted by atomic mass is 10.1. The molecule has 0 amide bonds. The van der Waals surface area contributed by atoms with Crippen LogP contribution in [-0.2, 0) is 0 Å². The van der Waals surface area contributed by atoms with E-state index in [1.54, 1.807) is 0 Å². The number of hydrogen-bond acceptors (Lipinski definition) is 0. The summed E-state index contributed by atoms with van der Waals surface area (Å²) >= 11 is 5.56. The number of hydrogen-bond donors (Lipinski definition) is 0. The number of alkyl halides is 3. The zero-order chi connectivity index (χ0) is 10.8. The first-order valence-electron chi connectivity index (χ1n) is 3.64. The zero-order valence-electron chi connectivity index (χ0n) is 6.85. The van der Waals surface area contributed by atoms with Crippen LogP contribution in [0.1, 0.15) is 11.6 Å². The molecule has 0 N–H and O–H groups in total. The van der Waals surface area contributed by atoms with Crippen LogP contribution in [0.5, 0.6) is 0 Å². The highest BCUT2D eigenvalue weighted by Gasteiger charge is 2.47. The summed E-state index contributed by atoms with van der Waals surface area (Å²) in [6.45, 7) is 6.50. The highest BCUT2D eigenvalue weighted by molar-refractivity contribution is 6.31. The van der Waals surface area contributed by atoms with Gasteiger partial charge in [0.05, 0.1) is 10.6 Å². The predicted octanol–water partition coefficient (Wildman–Crippen LogP) is 3.86. The lowest BCUT2D eigenvalue weighted by Gasteiger charge is -2.10. The maximum atomic E-state index is 12.3. The van der Waals surface area contributed by atoms with Crippen LogP contribution in [0.2, 0.25) is 5.02 Å². The first-order chi connectivity index (χ1) is 6.46. The van der Waals surface area contributed by atoms with Gasteiger partial charge in [-0.25, -0.2) is 6.57 Å². The third-order valence-electron chi connectivity index (χ3n) is 1.64. The summed E-state index contributed by atoms with van der Waals surface area (Å²) in [5.74, 6) is 0. The van der Waals surface area contributed by atoms with Crippen molar-refractivity contribution in [3.63, 3.8) is 0 Å². The Morgan fingerprint density at radius 1 is 1.29 bits per heavy atom.